The topological polar surface area (TPSA) is 76.0 Å². The zero-order valence-electron chi connectivity index (χ0n) is 16.6. The lowest BCUT2D eigenvalue weighted by Crippen LogP contribution is -2.31. The number of nitrogens with one attached hydrogen (secondary N) is 2. The van der Waals surface area contributed by atoms with Crippen LogP contribution in [0.2, 0.25) is 5.02 Å². The van der Waals surface area contributed by atoms with Crippen molar-refractivity contribution < 1.29 is 9.59 Å². The lowest BCUT2D eigenvalue weighted by Gasteiger charge is -2.19. The Morgan fingerprint density at radius 3 is 2.55 bits per heavy atom. The fraction of sp³-hybridized carbons (Fsp3) is 0.0870. The van der Waals surface area contributed by atoms with E-state index >= 15 is 0 Å². The summed E-state index contributed by atoms with van der Waals surface area (Å²) < 4.78 is 1.87. The molecule has 8 heteroatoms. The predicted octanol–water partition coefficient (Wildman–Crippen LogP) is 4.91. The Labute approximate surface area is 188 Å². The fourth-order valence-corrected chi connectivity index (χ4v) is 3.95. The molecule has 0 bridgehead atoms. The molecule has 2 aromatic heterocycles. The summed E-state index contributed by atoms with van der Waals surface area (Å²) in [5.41, 5.74) is 1.66. The molecule has 0 aliphatic rings. The molecule has 4 aromatic rings. The monoisotopic (exact) mass is 450 g/mol. The van der Waals surface area contributed by atoms with Gasteiger partial charge in [0.25, 0.3) is 11.8 Å². The van der Waals surface area contributed by atoms with Crippen LogP contribution in [0.25, 0.3) is 0 Å². The summed E-state index contributed by atoms with van der Waals surface area (Å²) in [7, 11) is 1.88. The zero-order chi connectivity index (χ0) is 21.8. The highest BCUT2D eigenvalue weighted by Crippen LogP contribution is 2.26. The molecule has 0 radical (unpaired) electrons. The Hall–Kier alpha value is -3.42. The number of rotatable bonds is 6. The minimum atomic E-state index is -0.437. The summed E-state index contributed by atoms with van der Waals surface area (Å²) in [4.78, 5) is 30.5. The van der Waals surface area contributed by atoms with Gasteiger partial charge >= 0.3 is 0 Å². The van der Waals surface area contributed by atoms with E-state index in [0.29, 0.717) is 27.0 Å². The van der Waals surface area contributed by atoms with Crippen LogP contribution in [0.4, 0.5) is 5.69 Å². The van der Waals surface area contributed by atoms with Crippen LogP contribution in [-0.2, 0) is 7.05 Å². The summed E-state index contributed by atoms with van der Waals surface area (Å²) in [5, 5.41) is 7.99. The number of imidazole rings is 1. The highest BCUT2D eigenvalue weighted by molar-refractivity contribution is 7.12. The molecule has 4 rings (SSSR count). The molecule has 0 spiro atoms. The van der Waals surface area contributed by atoms with Gasteiger partial charge in [-0.3, -0.25) is 9.59 Å². The number of benzene rings is 2. The van der Waals surface area contributed by atoms with E-state index in [1.807, 2.05) is 53.5 Å². The second-order valence-electron chi connectivity index (χ2n) is 6.84. The van der Waals surface area contributed by atoms with E-state index in [4.69, 9.17) is 11.6 Å². The normalized spacial score (nSPS) is 11.7. The van der Waals surface area contributed by atoms with Crippen molar-refractivity contribution in [2.24, 2.45) is 7.05 Å². The maximum Gasteiger partial charge on any atom is 0.265 e. The van der Waals surface area contributed by atoms with Crippen molar-refractivity contribution >= 4 is 40.4 Å². The van der Waals surface area contributed by atoms with Gasteiger partial charge in [-0.2, -0.15) is 0 Å². The van der Waals surface area contributed by atoms with Gasteiger partial charge in [0, 0.05) is 25.0 Å². The summed E-state index contributed by atoms with van der Waals surface area (Å²) >= 11 is 7.58. The summed E-state index contributed by atoms with van der Waals surface area (Å²) in [6.45, 7) is 0. The minimum Gasteiger partial charge on any atom is -0.338 e. The number of carbonyl (C=O) groups is 2. The first-order valence-corrected chi connectivity index (χ1v) is 10.8. The van der Waals surface area contributed by atoms with E-state index in [2.05, 4.69) is 15.6 Å². The molecule has 31 heavy (non-hydrogen) atoms. The molecule has 0 aliphatic heterocycles. The van der Waals surface area contributed by atoms with Crippen molar-refractivity contribution in [1.29, 1.82) is 0 Å². The second-order valence-corrected chi connectivity index (χ2v) is 8.19. The number of aryl methyl sites for hydroxylation is 1. The standard InChI is InChI=1S/C23H19ClN4O2S/c1-28-12-11-25-21(28)20(15-6-3-2-4-7-15)27-22(29)16-9-10-17(24)18(14-16)26-23(30)19-8-5-13-31-19/h2-14,20H,1H3,(H,26,30)(H,27,29). The van der Waals surface area contributed by atoms with E-state index in [0.717, 1.165) is 5.56 Å². The van der Waals surface area contributed by atoms with Gasteiger partial charge in [0.05, 0.1) is 15.6 Å². The first kappa shape index (κ1) is 20.8. The van der Waals surface area contributed by atoms with E-state index in [9.17, 15) is 9.59 Å². The van der Waals surface area contributed by atoms with Crippen LogP contribution in [0.3, 0.4) is 0 Å². The van der Waals surface area contributed by atoms with E-state index in [-0.39, 0.29) is 11.8 Å². The van der Waals surface area contributed by atoms with Gasteiger partial charge in [0.2, 0.25) is 0 Å². The minimum absolute atomic E-state index is 0.273. The van der Waals surface area contributed by atoms with Crippen molar-refractivity contribution in [1.82, 2.24) is 14.9 Å². The van der Waals surface area contributed by atoms with Crippen LogP contribution in [0.1, 0.15) is 37.5 Å². The van der Waals surface area contributed by atoms with Crippen LogP contribution in [0.15, 0.2) is 78.4 Å². The molecule has 0 saturated carbocycles. The number of aromatic nitrogens is 2. The Morgan fingerprint density at radius 1 is 1.06 bits per heavy atom. The molecule has 0 fully saturated rings. The number of hydrogen-bond acceptors (Lipinski definition) is 4. The van der Waals surface area contributed by atoms with Crippen LogP contribution >= 0.6 is 22.9 Å². The maximum atomic E-state index is 13.1. The third kappa shape index (κ3) is 4.68. The molecular formula is C23H19ClN4O2S. The Bertz CT molecular complexity index is 1210. The molecule has 1 atom stereocenters. The van der Waals surface area contributed by atoms with Gasteiger partial charge in [-0.15, -0.1) is 11.3 Å². The molecule has 2 amide bonds. The quantitative estimate of drug-likeness (QED) is 0.438. The Morgan fingerprint density at radius 2 is 1.87 bits per heavy atom. The van der Waals surface area contributed by atoms with Gasteiger partial charge in [-0.05, 0) is 35.2 Å². The van der Waals surface area contributed by atoms with Crippen molar-refractivity contribution in [3.8, 4) is 0 Å². The number of anilines is 1. The number of nitrogens with zero attached hydrogens (tertiary/aromatic N) is 2. The van der Waals surface area contributed by atoms with Crippen molar-refractivity contribution in [2.75, 3.05) is 5.32 Å². The summed E-state index contributed by atoms with van der Waals surface area (Å²) in [5.74, 6) is 0.129. The molecule has 0 saturated heterocycles. The number of halogens is 1. The summed E-state index contributed by atoms with van der Waals surface area (Å²) in [6, 6.07) is 17.5. The summed E-state index contributed by atoms with van der Waals surface area (Å²) in [6.07, 6.45) is 3.52. The molecule has 1 unspecified atom stereocenters. The third-order valence-electron chi connectivity index (χ3n) is 4.75. The average molecular weight is 451 g/mol. The smallest absolute Gasteiger partial charge is 0.265 e. The number of hydrogen-bond donors (Lipinski definition) is 2. The fourth-order valence-electron chi connectivity index (χ4n) is 3.17. The van der Waals surface area contributed by atoms with Crippen molar-refractivity contribution in [2.45, 2.75) is 6.04 Å². The van der Waals surface area contributed by atoms with Crippen LogP contribution in [0.5, 0.6) is 0 Å². The molecule has 6 nitrogen and oxygen atoms in total. The molecule has 0 aliphatic carbocycles. The van der Waals surface area contributed by atoms with Gasteiger partial charge in [-0.1, -0.05) is 48.0 Å². The highest BCUT2D eigenvalue weighted by atomic mass is 35.5. The molecule has 2 aromatic carbocycles. The Balaban J connectivity index is 1.59. The van der Waals surface area contributed by atoms with Gasteiger partial charge in [0.15, 0.2) is 0 Å². The number of thiophene rings is 1. The van der Waals surface area contributed by atoms with Crippen molar-refractivity contribution in [3.05, 3.63) is 105 Å². The van der Waals surface area contributed by atoms with Gasteiger partial charge in [-0.25, -0.2) is 4.98 Å². The number of carbonyl (C=O) groups excluding carboxylic acids is 2. The Kier molecular flexibility index (Phi) is 6.16. The maximum absolute atomic E-state index is 13.1. The highest BCUT2D eigenvalue weighted by Gasteiger charge is 2.22. The largest absolute Gasteiger partial charge is 0.338 e. The van der Waals surface area contributed by atoms with E-state index < -0.39 is 6.04 Å². The third-order valence-corrected chi connectivity index (χ3v) is 5.94. The van der Waals surface area contributed by atoms with E-state index in [1.54, 1.807) is 36.5 Å². The zero-order valence-corrected chi connectivity index (χ0v) is 18.2. The first-order valence-electron chi connectivity index (χ1n) is 9.50. The van der Waals surface area contributed by atoms with Gasteiger partial charge < -0.3 is 15.2 Å². The van der Waals surface area contributed by atoms with Crippen LogP contribution < -0.4 is 10.6 Å². The molecule has 156 valence electrons. The average Bonchev–Trinajstić information content (AvgIpc) is 3.46. The number of amides is 2. The lowest BCUT2D eigenvalue weighted by atomic mass is 10.1. The predicted molar refractivity (Wildman–Crippen MR) is 123 cm³/mol. The second kappa shape index (κ2) is 9.16. The van der Waals surface area contributed by atoms with E-state index in [1.165, 1.54) is 11.3 Å². The molecular weight excluding hydrogens is 432 g/mol. The van der Waals surface area contributed by atoms with Gasteiger partial charge in [0.1, 0.15) is 11.9 Å². The lowest BCUT2D eigenvalue weighted by molar-refractivity contribution is 0.0940. The van der Waals surface area contributed by atoms with Crippen LogP contribution in [-0.4, -0.2) is 21.4 Å². The van der Waals surface area contributed by atoms with Crippen molar-refractivity contribution in [3.63, 3.8) is 0 Å². The SMILES string of the molecule is Cn1ccnc1C(NC(=O)c1ccc(Cl)c(NC(=O)c2cccs2)c1)c1ccccc1. The molecule has 2 heterocycles. The van der Waals surface area contributed by atoms with Crippen LogP contribution in [0, 0.1) is 0 Å². The first-order chi connectivity index (χ1) is 15.0. The molecule has 2 N–H and O–H groups in total.